The Morgan fingerprint density at radius 1 is 0.269 bits per heavy atom. The van der Waals surface area contributed by atoms with Crippen molar-refractivity contribution in [1.29, 1.82) is 0 Å². The van der Waals surface area contributed by atoms with E-state index in [1.807, 2.05) is 36.5 Å². The lowest BCUT2D eigenvalue weighted by Crippen LogP contribution is -2.30. The van der Waals surface area contributed by atoms with E-state index in [9.17, 15) is 43.2 Å². The Hall–Kier alpha value is -5.06. The molecule has 0 saturated heterocycles. The first-order chi connectivity index (χ1) is 50.7. The number of allylic oxidation sites excluding steroid dienone is 24. The van der Waals surface area contributed by atoms with E-state index in [-0.39, 0.29) is 25.7 Å². The molecule has 0 saturated carbocycles. The fourth-order valence-corrected chi connectivity index (χ4v) is 11.7. The van der Waals surface area contributed by atoms with Crippen molar-refractivity contribution in [2.24, 2.45) is 0 Å². The summed E-state index contributed by atoms with van der Waals surface area (Å²) in [6.07, 6.45) is 87.1. The maximum absolute atomic E-state index is 13.1. The molecule has 104 heavy (non-hydrogen) atoms. The summed E-state index contributed by atoms with van der Waals surface area (Å²) in [4.78, 5) is 72.9. The number of carbonyl (C=O) groups is 4. The highest BCUT2D eigenvalue weighted by molar-refractivity contribution is 7.47. The van der Waals surface area contributed by atoms with Crippen molar-refractivity contribution < 1.29 is 80.2 Å². The summed E-state index contributed by atoms with van der Waals surface area (Å²) >= 11 is 0. The average molecular weight is 1500 g/mol. The minimum absolute atomic E-state index is 0.00208. The van der Waals surface area contributed by atoms with Crippen LogP contribution in [0.15, 0.2) is 146 Å². The minimum atomic E-state index is -5.01. The fourth-order valence-electron chi connectivity index (χ4n) is 10.1. The topological polar surface area (TPSA) is 237 Å². The fraction of sp³-hybridized carbons (Fsp3) is 0.671. The molecule has 17 nitrogen and oxygen atoms in total. The van der Waals surface area contributed by atoms with Gasteiger partial charge in [0.1, 0.15) is 19.3 Å². The van der Waals surface area contributed by atoms with Crippen LogP contribution in [0, 0.1) is 0 Å². The summed E-state index contributed by atoms with van der Waals surface area (Å²) in [5.74, 6) is -2.37. The van der Waals surface area contributed by atoms with Crippen molar-refractivity contribution in [3.05, 3.63) is 146 Å². The number of aliphatic hydroxyl groups is 1. The zero-order valence-corrected chi connectivity index (χ0v) is 66.7. The third kappa shape index (κ3) is 75.2. The largest absolute Gasteiger partial charge is 0.472 e. The molecule has 5 atom stereocenters. The van der Waals surface area contributed by atoms with Crippen LogP contribution in [0.4, 0.5) is 0 Å². The molecule has 0 aliphatic carbocycles. The number of phosphoric ester groups is 2. The van der Waals surface area contributed by atoms with Crippen LogP contribution in [0.25, 0.3) is 0 Å². The van der Waals surface area contributed by atoms with Crippen molar-refractivity contribution in [2.75, 3.05) is 39.6 Å². The minimum Gasteiger partial charge on any atom is -0.462 e. The molecular formula is C85H142O17P2. The van der Waals surface area contributed by atoms with Gasteiger partial charge in [-0.25, -0.2) is 9.13 Å². The van der Waals surface area contributed by atoms with Gasteiger partial charge in [0, 0.05) is 25.7 Å². The molecule has 594 valence electrons. The Kier molecular flexibility index (Phi) is 72.4. The molecule has 0 spiro atoms. The normalized spacial score (nSPS) is 14.6. The maximum Gasteiger partial charge on any atom is 0.472 e. The summed E-state index contributed by atoms with van der Waals surface area (Å²) in [6.45, 7) is 4.60. The van der Waals surface area contributed by atoms with Gasteiger partial charge in [-0.1, -0.05) is 289 Å². The van der Waals surface area contributed by atoms with E-state index in [1.54, 1.807) is 0 Å². The van der Waals surface area contributed by atoms with Gasteiger partial charge in [-0.3, -0.25) is 37.3 Å². The van der Waals surface area contributed by atoms with Crippen LogP contribution >= 0.6 is 15.6 Å². The summed E-state index contributed by atoms with van der Waals surface area (Å²) in [7, 11) is -10.0. The lowest BCUT2D eigenvalue weighted by Gasteiger charge is -2.21. The third-order valence-corrected chi connectivity index (χ3v) is 18.2. The van der Waals surface area contributed by atoms with Crippen LogP contribution < -0.4 is 0 Å². The number of unbranched alkanes of at least 4 members (excludes halogenated alkanes) is 24. The molecule has 3 N–H and O–H groups in total. The average Bonchev–Trinajstić information content (AvgIpc) is 0.936. The molecule has 0 aromatic carbocycles. The van der Waals surface area contributed by atoms with Gasteiger partial charge in [-0.15, -0.1) is 0 Å². The van der Waals surface area contributed by atoms with Gasteiger partial charge >= 0.3 is 39.5 Å². The summed E-state index contributed by atoms with van der Waals surface area (Å²) in [5, 5.41) is 10.6. The Labute approximate surface area is 630 Å². The molecule has 0 amide bonds. The number of ether oxygens (including phenoxy) is 4. The Morgan fingerprint density at radius 2 is 0.481 bits per heavy atom. The summed E-state index contributed by atoms with van der Waals surface area (Å²) < 4.78 is 68.4. The van der Waals surface area contributed by atoms with Gasteiger partial charge in [-0.2, -0.15) is 0 Å². The number of phosphoric acid groups is 2. The zero-order chi connectivity index (χ0) is 76.0. The maximum atomic E-state index is 13.1. The molecule has 19 heteroatoms. The second kappa shape index (κ2) is 76.1. The number of hydrogen-bond acceptors (Lipinski definition) is 15. The summed E-state index contributed by atoms with van der Waals surface area (Å²) in [5.41, 5.74) is 0. The van der Waals surface area contributed by atoms with Crippen molar-refractivity contribution >= 4 is 39.5 Å². The lowest BCUT2D eigenvalue weighted by atomic mass is 10.0. The van der Waals surface area contributed by atoms with Crippen LogP contribution in [-0.4, -0.2) is 96.7 Å². The van der Waals surface area contributed by atoms with Gasteiger partial charge in [0.15, 0.2) is 12.2 Å². The van der Waals surface area contributed by atoms with Crippen LogP contribution in [0.1, 0.15) is 310 Å². The van der Waals surface area contributed by atoms with Crippen LogP contribution in [-0.2, 0) is 65.4 Å². The summed E-state index contributed by atoms with van der Waals surface area (Å²) in [6, 6.07) is 0. The van der Waals surface area contributed by atoms with E-state index < -0.39 is 97.5 Å². The highest BCUT2D eigenvalue weighted by atomic mass is 31.2. The standard InChI is InChI=1S/C85H142O17P2/c1-5-9-13-17-21-25-29-33-36-39-42-46-50-54-58-62-66-70-83(88)96-76-81(102-85(90)72-68-64-60-56-52-48-44-41-38-35-31-27-23-19-15-11-7-3)78-100-104(93,94)98-74-79(86)73-97-103(91,92)99-77-80(75-95-82(87)69-65-61-57-53-49-45-32-28-24-20-16-12-8-4)101-84(89)71-67-63-59-55-51-47-43-40-37-34-30-26-22-18-14-10-6-2/h21-23,25-27,33-38,42-44,46-48,54-56,58-60,79-81,86H,5-20,24,28-32,39-41,45,49-53,57,61-78H2,1-4H3,(H,91,92)(H,93,94)/b25-21-,26-22-,27-23-,36-33-,37-34-,38-35-,46-42-,47-43-,48-44-,58-54-,59-55-,60-56-/t79-,80+,81+/m0/s1. The van der Waals surface area contributed by atoms with Gasteiger partial charge < -0.3 is 33.8 Å². The SMILES string of the molecule is CCCCC/C=C\C/C=C\C/C=C\C/C=C\CCCC(=O)OC[C@H](COP(=O)(O)OC[C@@H](O)COP(=O)(O)OC[C@@H](COC(=O)CCCCCCCCCCCCCCC)OC(=O)CCC/C=C\C/C=C\C/C=C\C/C=C\CCCCC)OC(=O)CCC/C=C\C/C=C\C/C=C\C/C=C\CCCCC. The van der Waals surface area contributed by atoms with Crippen LogP contribution in [0.3, 0.4) is 0 Å². The Morgan fingerprint density at radius 3 is 0.760 bits per heavy atom. The molecule has 2 unspecified atom stereocenters. The van der Waals surface area contributed by atoms with E-state index in [4.69, 9.17) is 37.0 Å². The second-order valence-electron chi connectivity index (χ2n) is 26.3. The van der Waals surface area contributed by atoms with Crippen molar-refractivity contribution in [2.45, 2.75) is 329 Å². The van der Waals surface area contributed by atoms with E-state index in [1.165, 1.54) is 109 Å². The zero-order valence-electron chi connectivity index (χ0n) is 64.9. The number of esters is 4. The van der Waals surface area contributed by atoms with E-state index in [0.717, 1.165) is 103 Å². The molecule has 0 aliphatic rings. The predicted molar refractivity (Wildman–Crippen MR) is 427 cm³/mol. The third-order valence-electron chi connectivity index (χ3n) is 16.3. The van der Waals surface area contributed by atoms with Crippen molar-refractivity contribution in [3.8, 4) is 0 Å². The van der Waals surface area contributed by atoms with Gasteiger partial charge in [0.2, 0.25) is 0 Å². The van der Waals surface area contributed by atoms with Crippen molar-refractivity contribution in [1.82, 2.24) is 0 Å². The molecule has 0 aromatic heterocycles. The van der Waals surface area contributed by atoms with Crippen LogP contribution in [0.5, 0.6) is 0 Å². The molecule has 0 radical (unpaired) electrons. The quantitative estimate of drug-likeness (QED) is 0.0169. The first-order valence-corrected chi connectivity index (χ1v) is 43.1. The molecule has 0 bridgehead atoms. The lowest BCUT2D eigenvalue weighted by molar-refractivity contribution is -0.161. The van der Waals surface area contributed by atoms with Crippen LogP contribution in [0.2, 0.25) is 0 Å². The molecule has 0 aromatic rings. The van der Waals surface area contributed by atoms with Crippen molar-refractivity contribution in [3.63, 3.8) is 0 Å². The molecule has 0 heterocycles. The monoisotopic (exact) mass is 1500 g/mol. The number of carbonyl (C=O) groups excluding carboxylic acids is 4. The number of hydrogen-bond donors (Lipinski definition) is 3. The van der Waals surface area contributed by atoms with E-state index in [0.29, 0.717) is 44.9 Å². The van der Waals surface area contributed by atoms with E-state index >= 15 is 0 Å². The predicted octanol–water partition coefficient (Wildman–Crippen LogP) is 23.4. The first-order valence-electron chi connectivity index (χ1n) is 40.1. The number of aliphatic hydroxyl groups excluding tert-OH is 1. The first kappa shape index (κ1) is 98.9. The van der Waals surface area contributed by atoms with Gasteiger partial charge in [-0.05, 0) is 141 Å². The number of rotatable bonds is 74. The molecule has 0 rings (SSSR count). The molecule has 0 fully saturated rings. The highest BCUT2D eigenvalue weighted by Crippen LogP contribution is 2.45. The van der Waals surface area contributed by atoms with E-state index in [2.05, 4.69) is 137 Å². The molecular weight excluding hydrogens is 1350 g/mol. The Balaban J connectivity index is 5.52. The second-order valence-corrected chi connectivity index (χ2v) is 29.2. The molecule has 0 aliphatic heterocycles. The highest BCUT2D eigenvalue weighted by Gasteiger charge is 2.30. The van der Waals surface area contributed by atoms with Gasteiger partial charge in [0.05, 0.1) is 26.4 Å². The Bertz CT molecular complexity index is 2540. The smallest absolute Gasteiger partial charge is 0.462 e. The van der Waals surface area contributed by atoms with Gasteiger partial charge in [0.25, 0.3) is 0 Å².